The number of hydrogen-bond acceptors (Lipinski definition) is 4. The van der Waals surface area contributed by atoms with Crippen LogP contribution in [0.4, 0.5) is 5.69 Å². The van der Waals surface area contributed by atoms with Crippen molar-refractivity contribution in [3.8, 4) is 11.5 Å². The van der Waals surface area contributed by atoms with Crippen molar-refractivity contribution < 1.29 is 9.21 Å². The fraction of sp³-hybridized carbons (Fsp3) is 0.0870. The van der Waals surface area contributed by atoms with E-state index in [2.05, 4.69) is 15.6 Å². The highest BCUT2D eigenvalue weighted by Gasteiger charge is 2.11. The molecule has 0 saturated carbocycles. The number of nitrogens with one attached hydrogen (secondary N) is 2. The maximum absolute atomic E-state index is 12.3. The molecule has 1 aromatic heterocycles. The lowest BCUT2D eigenvalue weighted by Crippen LogP contribution is -2.34. The van der Waals surface area contributed by atoms with Crippen LogP contribution in [0.1, 0.15) is 21.5 Å². The van der Waals surface area contributed by atoms with Crippen LogP contribution < -0.4 is 10.6 Å². The topological polar surface area (TPSA) is 67.2 Å². The average molecular weight is 401 g/mol. The van der Waals surface area contributed by atoms with Gasteiger partial charge in [0.05, 0.1) is 0 Å². The third-order valence-electron chi connectivity index (χ3n) is 4.45. The quantitative estimate of drug-likeness (QED) is 0.460. The van der Waals surface area contributed by atoms with Gasteiger partial charge in [0.2, 0.25) is 5.89 Å². The Labute approximate surface area is 173 Å². The van der Waals surface area contributed by atoms with Gasteiger partial charge in [-0.25, -0.2) is 4.98 Å². The Hall–Kier alpha value is -3.51. The maximum Gasteiger partial charge on any atom is 0.257 e. The number of aromatic nitrogens is 1. The molecule has 1 heterocycles. The summed E-state index contributed by atoms with van der Waals surface area (Å²) in [5.74, 6) is 0.308. The Bertz CT molecular complexity index is 1210. The van der Waals surface area contributed by atoms with Crippen molar-refractivity contribution in [2.75, 3.05) is 5.32 Å². The Morgan fingerprint density at radius 3 is 2.52 bits per heavy atom. The van der Waals surface area contributed by atoms with Gasteiger partial charge in [-0.1, -0.05) is 35.4 Å². The number of amides is 1. The summed E-state index contributed by atoms with van der Waals surface area (Å²) in [6, 6.07) is 20.8. The van der Waals surface area contributed by atoms with E-state index in [9.17, 15) is 4.79 Å². The number of aryl methyl sites for hydroxylation is 2. The second kappa shape index (κ2) is 7.85. The molecular formula is C23H19N3O2S. The number of fused-ring (bicyclic) bond motifs is 1. The number of anilines is 1. The van der Waals surface area contributed by atoms with E-state index in [-0.39, 0.29) is 11.0 Å². The summed E-state index contributed by atoms with van der Waals surface area (Å²) < 4.78 is 5.86. The van der Waals surface area contributed by atoms with Crippen LogP contribution >= 0.6 is 12.2 Å². The number of nitrogens with zero attached hydrogens (tertiary/aromatic N) is 1. The molecule has 0 radical (unpaired) electrons. The number of benzene rings is 3. The molecule has 5 nitrogen and oxygen atoms in total. The fourth-order valence-electron chi connectivity index (χ4n) is 2.95. The third kappa shape index (κ3) is 4.33. The van der Waals surface area contributed by atoms with Gasteiger partial charge in [-0.3, -0.25) is 10.1 Å². The zero-order chi connectivity index (χ0) is 20.4. The Balaban J connectivity index is 1.48. The van der Waals surface area contributed by atoms with Gasteiger partial charge in [0, 0.05) is 16.8 Å². The second-order valence-corrected chi connectivity index (χ2v) is 7.25. The molecule has 0 bridgehead atoms. The highest BCUT2D eigenvalue weighted by molar-refractivity contribution is 7.80. The minimum Gasteiger partial charge on any atom is -0.436 e. The van der Waals surface area contributed by atoms with Crippen LogP contribution in [0, 0.1) is 13.8 Å². The van der Waals surface area contributed by atoms with Gasteiger partial charge in [-0.05, 0) is 68.5 Å². The molecule has 0 fully saturated rings. The van der Waals surface area contributed by atoms with Crippen molar-refractivity contribution in [3.63, 3.8) is 0 Å². The first-order chi connectivity index (χ1) is 14.0. The summed E-state index contributed by atoms with van der Waals surface area (Å²) in [6.07, 6.45) is 0. The predicted octanol–water partition coefficient (Wildman–Crippen LogP) is 5.24. The van der Waals surface area contributed by atoms with E-state index in [1.165, 1.54) is 0 Å². The van der Waals surface area contributed by atoms with Gasteiger partial charge in [0.15, 0.2) is 10.7 Å². The van der Waals surface area contributed by atoms with E-state index in [0.717, 1.165) is 22.4 Å². The van der Waals surface area contributed by atoms with E-state index >= 15 is 0 Å². The van der Waals surface area contributed by atoms with Crippen molar-refractivity contribution in [2.45, 2.75) is 13.8 Å². The average Bonchev–Trinajstić information content (AvgIpc) is 3.12. The molecule has 144 valence electrons. The van der Waals surface area contributed by atoms with Gasteiger partial charge in [-0.2, -0.15) is 0 Å². The summed E-state index contributed by atoms with van der Waals surface area (Å²) in [7, 11) is 0. The van der Waals surface area contributed by atoms with Crippen LogP contribution in [0.5, 0.6) is 0 Å². The van der Waals surface area contributed by atoms with Crippen molar-refractivity contribution in [1.29, 1.82) is 0 Å². The molecule has 29 heavy (non-hydrogen) atoms. The summed E-state index contributed by atoms with van der Waals surface area (Å²) in [5.41, 5.74) is 5.82. The lowest BCUT2D eigenvalue weighted by atomic mass is 10.1. The van der Waals surface area contributed by atoms with Gasteiger partial charge < -0.3 is 9.73 Å². The summed E-state index contributed by atoms with van der Waals surface area (Å²) in [6.45, 7) is 4.00. The zero-order valence-corrected chi connectivity index (χ0v) is 16.8. The number of rotatable bonds is 3. The largest absolute Gasteiger partial charge is 0.436 e. The number of oxazole rings is 1. The van der Waals surface area contributed by atoms with Crippen LogP contribution in [-0.4, -0.2) is 16.0 Å². The number of carbonyl (C=O) groups excluding carboxylic acids is 1. The fourth-order valence-corrected chi connectivity index (χ4v) is 3.16. The second-order valence-electron chi connectivity index (χ2n) is 6.85. The molecule has 3 aromatic carbocycles. The van der Waals surface area contributed by atoms with Crippen LogP contribution in [0.25, 0.3) is 22.6 Å². The zero-order valence-electron chi connectivity index (χ0n) is 16.0. The minimum absolute atomic E-state index is 0.220. The van der Waals surface area contributed by atoms with Gasteiger partial charge >= 0.3 is 0 Å². The summed E-state index contributed by atoms with van der Waals surface area (Å²) in [5, 5.41) is 5.93. The van der Waals surface area contributed by atoms with E-state index in [4.69, 9.17) is 16.6 Å². The lowest BCUT2D eigenvalue weighted by molar-refractivity contribution is 0.0977. The molecule has 4 aromatic rings. The molecule has 0 atom stereocenters. The Morgan fingerprint density at radius 2 is 1.76 bits per heavy atom. The van der Waals surface area contributed by atoms with E-state index in [0.29, 0.717) is 22.6 Å². The first kappa shape index (κ1) is 18.8. The number of hydrogen-bond donors (Lipinski definition) is 2. The molecule has 0 unspecified atom stereocenters. The van der Waals surface area contributed by atoms with Gasteiger partial charge in [-0.15, -0.1) is 0 Å². The van der Waals surface area contributed by atoms with Crippen LogP contribution in [-0.2, 0) is 0 Å². The van der Waals surface area contributed by atoms with Crippen molar-refractivity contribution in [3.05, 3.63) is 83.4 Å². The molecule has 2 N–H and O–H groups in total. The van der Waals surface area contributed by atoms with Gasteiger partial charge in [0.25, 0.3) is 5.91 Å². The monoisotopic (exact) mass is 401 g/mol. The summed E-state index contributed by atoms with van der Waals surface area (Å²) in [4.78, 5) is 16.9. The molecule has 0 saturated heterocycles. The molecule has 0 spiro atoms. The Morgan fingerprint density at radius 1 is 0.966 bits per heavy atom. The van der Waals surface area contributed by atoms with Crippen LogP contribution in [0.3, 0.4) is 0 Å². The van der Waals surface area contributed by atoms with E-state index in [1.54, 1.807) is 12.1 Å². The SMILES string of the molecule is Cc1ccc(C(=O)NC(=S)Nc2ccc3oc(-c4cccc(C)c4)nc3c2)cc1. The molecular weight excluding hydrogens is 382 g/mol. The lowest BCUT2D eigenvalue weighted by Gasteiger charge is -2.09. The van der Waals surface area contributed by atoms with Crippen molar-refractivity contribution in [1.82, 2.24) is 10.3 Å². The van der Waals surface area contributed by atoms with Crippen molar-refractivity contribution >= 4 is 40.0 Å². The van der Waals surface area contributed by atoms with Gasteiger partial charge in [0.1, 0.15) is 5.52 Å². The Kier molecular flexibility index (Phi) is 5.10. The maximum atomic E-state index is 12.3. The van der Waals surface area contributed by atoms with E-state index in [1.807, 2.05) is 68.4 Å². The first-order valence-corrected chi connectivity index (χ1v) is 9.55. The normalized spacial score (nSPS) is 10.7. The molecule has 0 aliphatic heterocycles. The molecule has 6 heteroatoms. The third-order valence-corrected chi connectivity index (χ3v) is 4.66. The van der Waals surface area contributed by atoms with Crippen LogP contribution in [0.15, 0.2) is 71.1 Å². The number of carbonyl (C=O) groups is 1. The predicted molar refractivity (Wildman–Crippen MR) is 119 cm³/mol. The standard InChI is InChI=1S/C23H19N3O2S/c1-14-6-8-16(9-7-14)21(27)26-23(29)24-18-10-11-20-19(13-18)25-22(28-20)17-5-3-4-15(2)12-17/h3-13H,1-2H3,(H2,24,26,27,29). The molecule has 4 rings (SSSR count). The van der Waals surface area contributed by atoms with Crippen LogP contribution in [0.2, 0.25) is 0 Å². The summed E-state index contributed by atoms with van der Waals surface area (Å²) >= 11 is 5.27. The first-order valence-electron chi connectivity index (χ1n) is 9.14. The highest BCUT2D eigenvalue weighted by atomic mass is 32.1. The minimum atomic E-state index is -0.258. The highest BCUT2D eigenvalue weighted by Crippen LogP contribution is 2.26. The number of thiocarbonyl (C=S) groups is 1. The molecule has 0 aliphatic rings. The molecule has 1 amide bonds. The smallest absolute Gasteiger partial charge is 0.257 e. The van der Waals surface area contributed by atoms with Crippen molar-refractivity contribution in [2.24, 2.45) is 0 Å². The van der Waals surface area contributed by atoms with E-state index < -0.39 is 0 Å². The molecule has 0 aliphatic carbocycles.